The zero-order chi connectivity index (χ0) is 16.2. The highest BCUT2D eigenvalue weighted by atomic mass is 32.2. The maximum Gasteiger partial charge on any atom is 0.324 e. The number of nitrogens with one attached hydrogen (secondary N) is 1. The molecule has 1 aliphatic heterocycles. The third-order valence-electron chi connectivity index (χ3n) is 3.40. The summed E-state index contributed by atoms with van der Waals surface area (Å²) in [7, 11) is 0. The number of nitrogens with zero attached hydrogens (tertiary/aromatic N) is 5. The van der Waals surface area contributed by atoms with E-state index in [9.17, 15) is 9.59 Å². The zero-order valence-electron chi connectivity index (χ0n) is 12.5. The lowest BCUT2D eigenvalue weighted by Crippen LogP contribution is -2.39. The minimum absolute atomic E-state index is 0.224. The Morgan fingerprint density at radius 2 is 2.43 bits per heavy atom. The molecule has 0 spiro atoms. The van der Waals surface area contributed by atoms with Gasteiger partial charge in [0.05, 0.1) is 11.8 Å². The van der Waals surface area contributed by atoms with E-state index in [1.807, 2.05) is 11.4 Å². The number of aryl methyl sites for hydroxylation is 2. The number of amides is 3. The monoisotopic (exact) mass is 352 g/mol. The average molecular weight is 352 g/mol. The predicted molar refractivity (Wildman–Crippen MR) is 86.3 cm³/mol. The first-order valence-electron chi connectivity index (χ1n) is 7.19. The molecule has 0 radical (unpaired) electrons. The Morgan fingerprint density at radius 1 is 1.57 bits per heavy atom. The Labute approximate surface area is 141 Å². The molecule has 1 aliphatic rings. The Hall–Kier alpha value is -1.94. The van der Waals surface area contributed by atoms with Gasteiger partial charge in [-0.2, -0.15) is 0 Å². The quantitative estimate of drug-likeness (QED) is 0.780. The van der Waals surface area contributed by atoms with Gasteiger partial charge >= 0.3 is 6.03 Å². The number of urea groups is 1. The molecule has 0 aliphatic carbocycles. The van der Waals surface area contributed by atoms with Crippen molar-refractivity contribution in [3.63, 3.8) is 0 Å². The van der Waals surface area contributed by atoms with Crippen molar-refractivity contribution in [3.8, 4) is 0 Å². The molecular weight excluding hydrogens is 336 g/mol. The molecule has 1 atom stereocenters. The van der Waals surface area contributed by atoms with Crippen LogP contribution in [-0.4, -0.2) is 55.4 Å². The molecule has 1 fully saturated rings. The lowest BCUT2D eigenvalue weighted by molar-refractivity contribution is -0.126. The van der Waals surface area contributed by atoms with Crippen LogP contribution in [0.1, 0.15) is 11.8 Å². The summed E-state index contributed by atoms with van der Waals surface area (Å²) in [4.78, 5) is 26.4. The van der Waals surface area contributed by atoms with Gasteiger partial charge in [0.1, 0.15) is 0 Å². The first kappa shape index (κ1) is 15.9. The van der Waals surface area contributed by atoms with E-state index in [0.717, 1.165) is 6.42 Å². The standard InChI is InChI=1S/C13H16N6O2S2/c1-9(11(20)18-7-5-14-12(18)21)23-13-15-16-17-19(13)6-4-10-3-2-8-22-10/h2-3,8-9H,4-7H2,1H3,(H,14,21). The van der Waals surface area contributed by atoms with E-state index in [0.29, 0.717) is 24.8 Å². The number of carbonyl (C=O) groups excluding carboxylic acids is 2. The van der Waals surface area contributed by atoms with Crippen LogP contribution in [0.2, 0.25) is 0 Å². The molecule has 10 heteroatoms. The molecule has 1 unspecified atom stereocenters. The fraction of sp³-hybridized carbons (Fsp3) is 0.462. The molecule has 1 saturated heterocycles. The van der Waals surface area contributed by atoms with Gasteiger partial charge in [0, 0.05) is 24.4 Å². The molecule has 2 aromatic rings. The van der Waals surface area contributed by atoms with Gasteiger partial charge in [-0.1, -0.05) is 17.8 Å². The molecular formula is C13H16N6O2S2. The molecule has 1 N–H and O–H groups in total. The average Bonchev–Trinajstić information content (AvgIpc) is 3.26. The number of hydrogen-bond donors (Lipinski definition) is 1. The van der Waals surface area contributed by atoms with Gasteiger partial charge in [-0.15, -0.1) is 16.4 Å². The van der Waals surface area contributed by atoms with E-state index in [-0.39, 0.29) is 11.9 Å². The second-order valence-electron chi connectivity index (χ2n) is 5.00. The minimum atomic E-state index is -0.426. The van der Waals surface area contributed by atoms with Gasteiger partial charge in [0.15, 0.2) is 0 Å². The van der Waals surface area contributed by atoms with Gasteiger partial charge in [-0.05, 0) is 28.8 Å². The largest absolute Gasteiger partial charge is 0.336 e. The van der Waals surface area contributed by atoms with Crippen LogP contribution in [0, 0.1) is 0 Å². The molecule has 3 heterocycles. The van der Waals surface area contributed by atoms with Crippen molar-refractivity contribution in [3.05, 3.63) is 22.4 Å². The SMILES string of the molecule is CC(Sc1nnnn1CCc1cccs1)C(=O)N1CCNC1=O. The molecule has 0 aromatic carbocycles. The molecule has 3 rings (SSSR count). The van der Waals surface area contributed by atoms with Crippen molar-refractivity contribution in [2.24, 2.45) is 0 Å². The number of rotatable bonds is 6. The lowest BCUT2D eigenvalue weighted by Gasteiger charge is -2.16. The summed E-state index contributed by atoms with van der Waals surface area (Å²) in [6.45, 7) is 3.32. The number of thioether (sulfide) groups is 1. The van der Waals surface area contributed by atoms with Crippen molar-refractivity contribution in [2.45, 2.75) is 30.3 Å². The fourth-order valence-corrected chi connectivity index (χ4v) is 3.78. The molecule has 23 heavy (non-hydrogen) atoms. The molecule has 3 amide bonds. The highest BCUT2D eigenvalue weighted by molar-refractivity contribution is 8.00. The summed E-state index contributed by atoms with van der Waals surface area (Å²) >= 11 is 2.96. The van der Waals surface area contributed by atoms with Crippen molar-refractivity contribution >= 4 is 35.0 Å². The third-order valence-corrected chi connectivity index (χ3v) is 5.40. The van der Waals surface area contributed by atoms with E-state index in [4.69, 9.17) is 0 Å². The molecule has 0 saturated carbocycles. The van der Waals surface area contributed by atoms with Gasteiger partial charge in [0.2, 0.25) is 11.1 Å². The van der Waals surface area contributed by atoms with Crippen LogP contribution in [0.5, 0.6) is 0 Å². The third kappa shape index (κ3) is 3.70. The van der Waals surface area contributed by atoms with E-state index in [1.54, 1.807) is 22.9 Å². The van der Waals surface area contributed by atoms with Crippen LogP contribution in [0.25, 0.3) is 0 Å². The van der Waals surface area contributed by atoms with Crippen LogP contribution in [0.15, 0.2) is 22.7 Å². The summed E-state index contributed by atoms with van der Waals surface area (Å²) in [6, 6.07) is 3.75. The number of hydrogen-bond acceptors (Lipinski definition) is 7. The van der Waals surface area contributed by atoms with Gasteiger partial charge in [0.25, 0.3) is 0 Å². The first-order chi connectivity index (χ1) is 11.1. The first-order valence-corrected chi connectivity index (χ1v) is 8.95. The van der Waals surface area contributed by atoms with Crippen LogP contribution in [0.4, 0.5) is 4.79 Å². The van der Waals surface area contributed by atoms with Crippen molar-refractivity contribution in [1.29, 1.82) is 0 Å². The normalized spacial score (nSPS) is 15.7. The maximum atomic E-state index is 12.3. The predicted octanol–water partition coefficient (Wildman–Crippen LogP) is 1.01. The van der Waals surface area contributed by atoms with E-state index in [1.165, 1.54) is 21.5 Å². The molecule has 122 valence electrons. The fourth-order valence-electron chi connectivity index (χ4n) is 2.20. The van der Waals surface area contributed by atoms with Crippen LogP contribution in [0.3, 0.4) is 0 Å². The van der Waals surface area contributed by atoms with Crippen LogP contribution >= 0.6 is 23.1 Å². The van der Waals surface area contributed by atoms with Gasteiger partial charge in [-0.3, -0.25) is 9.69 Å². The zero-order valence-corrected chi connectivity index (χ0v) is 14.1. The second kappa shape index (κ2) is 7.09. The van der Waals surface area contributed by atoms with Crippen molar-refractivity contribution in [1.82, 2.24) is 30.4 Å². The summed E-state index contributed by atoms with van der Waals surface area (Å²) in [5.74, 6) is -0.224. The highest BCUT2D eigenvalue weighted by Crippen LogP contribution is 2.23. The lowest BCUT2D eigenvalue weighted by atomic mass is 10.3. The van der Waals surface area contributed by atoms with Crippen molar-refractivity contribution in [2.75, 3.05) is 13.1 Å². The Bertz CT molecular complexity index is 686. The smallest absolute Gasteiger partial charge is 0.324 e. The number of thiophene rings is 1. The second-order valence-corrected chi connectivity index (χ2v) is 7.34. The van der Waals surface area contributed by atoms with Crippen molar-refractivity contribution < 1.29 is 9.59 Å². The number of aromatic nitrogens is 4. The van der Waals surface area contributed by atoms with E-state index in [2.05, 4.69) is 26.9 Å². The molecule has 0 bridgehead atoms. The number of imide groups is 1. The summed E-state index contributed by atoms with van der Waals surface area (Å²) in [6.07, 6.45) is 0.840. The number of tetrazole rings is 1. The Balaban J connectivity index is 1.60. The van der Waals surface area contributed by atoms with E-state index < -0.39 is 5.25 Å². The van der Waals surface area contributed by atoms with Crippen LogP contribution < -0.4 is 5.32 Å². The topological polar surface area (TPSA) is 93.0 Å². The molecule has 2 aromatic heterocycles. The summed E-state index contributed by atoms with van der Waals surface area (Å²) in [5, 5.41) is 16.5. The maximum absolute atomic E-state index is 12.3. The molecule has 8 nitrogen and oxygen atoms in total. The van der Waals surface area contributed by atoms with Gasteiger partial charge in [-0.25, -0.2) is 9.48 Å². The van der Waals surface area contributed by atoms with Crippen LogP contribution in [-0.2, 0) is 17.8 Å². The Kier molecular flexibility index (Phi) is 4.91. The van der Waals surface area contributed by atoms with E-state index >= 15 is 0 Å². The van der Waals surface area contributed by atoms with Gasteiger partial charge < -0.3 is 5.32 Å². The Morgan fingerprint density at radius 3 is 3.13 bits per heavy atom. The summed E-state index contributed by atoms with van der Waals surface area (Å²) < 4.78 is 1.69. The highest BCUT2D eigenvalue weighted by Gasteiger charge is 2.31. The minimum Gasteiger partial charge on any atom is -0.336 e. The number of carbonyl (C=O) groups is 2. The summed E-state index contributed by atoms with van der Waals surface area (Å²) in [5.41, 5.74) is 0.